The van der Waals surface area contributed by atoms with Crippen LogP contribution in [-0.4, -0.2) is 57.0 Å². The highest BCUT2D eigenvalue weighted by atomic mass is 19.4. The van der Waals surface area contributed by atoms with Gasteiger partial charge in [0.05, 0.1) is 24.4 Å². The van der Waals surface area contributed by atoms with Gasteiger partial charge in [-0.05, 0) is 18.8 Å². The predicted molar refractivity (Wildman–Crippen MR) is 108 cm³/mol. The van der Waals surface area contributed by atoms with Crippen LogP contribution in [0.4, 0.5) is 24.8 Å². The minimum Gasteiger partial charge on any atom is -0.382 e. The number of ether oxygens (including phenoxy) is 1. The average Bonchev–Trinajstić information content (AvgIpc) is 3.35. The van der Waals surface area contributed by atoms with E-state index in [0.29, 0.717) is 50.4 Å². The number of hydrogen-bond donors (Lipinski definition) is 2. The molecule has 1 unspecified atom stereocenters. The van der Waals surface area contributed by atoms with E-state index in [2.05, 4.69) is 20.2 Å². The summed E-state index contributed by atoms with van der Waals surface area (Å²) >= 11 is 0. The number of pyridine rings is 1. The van der Waals surface area contributed by atoms with Gasteiger partial charge in [0.1, 0.15) is 17.2 Å². The van der Waals surface area contributed by atoms with Crippen LogP contribution in [0.5, 0.6) is 0 Å². The van der Waals surface area contributed by atoms with Crippen LogP contribution in [0.15, 0.2) is 17.1 Å². The van der Waals surface area contributed by atoms with Gasteiger partial charge >= 0.3 is 6.18 Å². The molecule has 0 bridgehead atoms. The molecule has 0 amide bonds. The van der Waals surface area contributed by atoms with E-state index in [9.17, 15) is 18.0 Å². The van der Waals surface area contributed by atoms with Crippen molar-refractivity contribution >= 4 is 22.5 Å². The molecule has 1 saturated heterocycles. The number of aryl methyl sites for hydroxylation is 1. The lowest BCUT2D eigenvalue weighted by Gasteiger charge is -2.28. The van der Waals surface area contributed by atoms with Crippen molar-refractivity contribution in [2.45, 2.75) is 25.1 Å². The third-order valence-electron chi connectivity index (χ3n) is 5.95. The average molecular weight is 437 g/mol. The van der Waals surface area contributed by atoms with E-state index in [1.54, 1.807) is 17.8 Å². The monoisotopic (exact) mass is 437 g/mol. The van der Waals surface area contributed by atoms with Crippen LogP contribution >= 0.6 is 0 Å². The van der Waals surface area contributed by atoms with Gasteiger partial charge < -0.3 is 19.9 Å². The van der Waals surface area contributed by atoms with Crippen LogP contribution in [-0.2, 0) is 11.8 Å². The molecular formula is C19H22F3N7O2. The first kappa shape index (κ1) is 19.9. The molecule has 0 radical (unpaired) electrons. The van der Waals surface area contributed by atoms with Gasteiger partial charge in [0.15, 0.2) is 5.82 Å². The number of hydrogen-bond acceptors (Lipinski definition) is 6. The Morgan fingerprint density at radius 2 is 2.00 bits per heavy atom. The van der Waals surface area contributed by atoms with Crippen molar-refractivity contribution in [1.29, 1.82) is 0 Å². The molecular weight excluding hydrogens is 415 g/mol. The van der Waals surface area contributed by atoms with E-state index in [1.165, 1.54) is 6.20 Å². The molecule has 3 aromatic rings. The smallest absolute Gasteiger partial charge is 0.382 e. The van der Waals surface area contributed by atoms with Crippen molar-refractivity contribution < 1.29 is 17.9 Å². The number of fused-ring (bicyclic) bond motifs is 1. The van der Waals surface area contributed by atoms with Crippen molar-refractivity contribution in [2.24, 2.45) is 13.0 Å². The standard InChI is InChI=1S/C19H22F3N7O2/c1-27-13(28-4-6-31-7-5-28)8-12(26-27)11-9-29(16(10-2-3-10)19(20,21)22)18(30)14-15(11)24-25-17(14)23/h8-10,16H,2-7H2,1H3,(H3,23,24,25). The van der Waals surface area contributed by atoms with Gasteiger partial charge in [0.2, 0.25) is 0 Å². The van der Waals surface area contributed by atoms with Gasteiger partial charge in [0, 0.05) is 38.0 Å². The molecule has 166 valence electrons. The van der Waals surface area contributed by atoms with E-state index < -0.39 is 23.7 Å². The minimum atomic E-state index is -4.56. The first-order valence-corrected chi connectivity index (χ1v) is 10.1. The Morgan fingerprint density at radius 1 is 1.29 bits per heavy atom. The number of anilines is 2. The molecule has 1 aliphatic heterocycles. The summed E-state index contributed by atoms with van der Waals surface area (Å²) in [5, 5.41) is 11.1. The summed E-state index contributed by atoms with van der Waals surface area (Å²) in [5.74, 6) is 0.0617. The highest BCUT2D eigenvalue weighted by Crippen LogP contribution is 2.48. The van der Waals surface area contributed by atoms with Crippen LogP contribution in [0, 0.1) is 5.92 Å². The highest BCUT2D eigenvalue weighted by molar-refractivity contribution is 5.97. The molecule has 2 aliphatic rings. The molecule has 2 fully saturated rings. The maximum absolute atomic E-state index is 13.9. The summed E-state index contributed by atoms with van der Waals surface area (Å²) < 4.78 is 49.5. The second-order valence-electron chi connectivity index (χ2n) is 8.05. The Morgan fingerprint density at radius 3 is 2.65 bits per heavy atom. The lowest BCUT2D eigenvalue weighted by Crippen LogP contribution is -2.37. The maximum Gasteiger partial charge on any atom is 0.409 e. The summed E-state index contributed by atoms with van der Waals surface area (Å²) in [6.45, 7) is 2.54. The maximum atomic E-state index is 13.9. The van der Waals surface area contributed by atoms with E-state index in [1.807, 2.05) is 0 Å². The Labute approximate surface area is 174 Å². The van der Waals surface area contributed by atoms with Crippen LogP contribution < -0.4 is 16.2 Å². The number of morpholine rings is 1. The molecule has 0 spiro atoms. The normalized spacial score (nSPS) is 18.6. The van der Waals surface area contributed by atoms with Gasteiger partial charge in [0.25, 0.3) is 5.56 Å². The number of halogens is 3. The van der Waals surface area contributed by atoms with Gasteiger partial charge in [-0.3, -0.25) is 14.6 Å². The number of rotatable bonds is 4. The van der Waals surface area contributed by atoms with Crippen molar-refractivity contribution in [3.05, 3.63) is 22.6 Å². The molecule has 0 aromatic carbocycles. The zero-order valence-corrected chi connectivity index (χ0v) is 16.8. The number of aromatic amines is 1. The zero-order chi connectivity index (χ0) is 21.9. The fourth-order valence-electron chi connectivity index (χ4n) is 4.30. The van der Waals surface area contributed by atoms with Crippen molar-refractivity contribution in [2.75, 3.05) is 36.9 Å². The topological polar surface area (TPSA) is 107 Å². The first-order valence-electron chi connectivity index (χ1n) is 10.1. The molecule has 12 heteroatoms. The summed E-state index contributed by atoms with van der Waals surface area (Å²) in [5.41, 5.74) is 6.12. The number of aromatic nitrogens is 5. The SMILES string of the molecule is Cn1nc(-c2cn(C(C3CC3)C(F)(F)F)c(=O)c3c(N)n[nH]c23)cc1N1CCOCC1. The van der Waals surface area contributed by atoms with Crippen LogP contribution in [0.3, 0.4) is 0 Å². The van der Waals surface area contributed by atoms with Gasteiger partial charge in [-0.25, -0.2) is 0 Å². The van der Waals surface area contributed by atoms with Crippen molar-refractivity contribution in [3.63, 3.8) is 0 Å². The lowest BCUT2D eigenvalue weighted by molar-refractivity contribution is -0.173. The summed E-state index contributed by atoms with van der Waals surface area (Å²) in [7, 11) is 1.77. The van der Waals surface area contributed by atoms with E-state index in [-0.39, 0.29) is 16.7 Å². The highest BCUT2D eigenvalue weighted by Gasteiger charge is 2.50. The summed E-state index contributed by atoms with van der Waals surface area (Å²) in [6, 6.07) is -0.106. The van der Waals surface area contributed by atoms with Crippen LogP contribution in [0.2, 0.25) is 0 Å². The molecule has 3 N–H and O–H groups in total. The summed E-state index contributed by atoms with van der Waals surface area (Å²) in [4.78, 5) is 15.1. The molecule has 3 aromatic heterocycles. The number of nitrogen functional groups attached to an aromatic ring is 1. The van der Waals surface area contributed by atoms with Crippen molar-refractivity contribution in [3.8, 4) is 11.3 Å². The largest absolute Gasteiger partial charge is 0.409 e. The van der Waals surface area contributed by atoms with Gasteiger partial charge in [-0.1, -0.05) is 0 Å². The molecule has 5 rings (SSSR count). The Kier molecular flexibility index (Phi) is 4.50. The first-order chi connectivity index (χ1) is 14.8. The lowest BCUT2D eigenvalue weighted by atomic mass is 10.1. The minimum absolute atomic E-state index is 0.0500. The number of nitrogens with two attached hydrogens (primary N) is 1. The molecule has 9 nitrogen and oxygen atoms in total. The third kappa shape index (κ3) is 3.34. The quantitative estimate of drug-likeness (QED) is 0.647. The molecule has 1 atom stereocenters. The second kappa shape index (κ2) is 7.01. The second-order valence-corrected chi connectivity index (χ2v) is 8.05. The van der Waals surface area contributed by atoms with E-state index in [0.717, 1.165) is 10.4 Å². The Bertz CT molecular complexity index is 1190. The number of alkyl halides is 3. The number of H-pyrrole nitrogens is 1. The number of nitrogens with zero attached hydrogens (tertiary/aromatic N) is 5. The third-order valence-corrected chi connectivity index (χ3v) is 5.95. The predicted octanol–water partition coefficient (Wildman–Crippen LogP) is 2.06. The molecule has 1 aliphatic carbocycles. The molecule has 1 saturated carbocycles. The Balaban J connectivity index is 1.69. The van der Waals surface area contributed by atoms with Crippen LogP contribution in [0.25, 0.3) is 22.2 Å². The van der Waals surface area contributed by atoms with Gasteiger partial charge in [-0.15, -0.1) is 0 Å². The van der Waals surface area contributed by atoms with Crippen molar-refractivity contribution in [1.82, 2.24) is 24.5 Å². The molecule has 31 heavy (non-hydrogen) atoms. The Hall–Kier alpha value is -3.02. The van der Waals surface area contributed by atoms with E-state index in [4.69, 9.17) is 10.5 Å². The fourth-order valence-corrected chi connectivity index (χ4v) is 4.30. The summed E-state index contributed by atoms with van der Waals surface area (Å²) in [6.07, 6.45) is -2.47. The number of nitrogens with one attached hydrogen (secondary N) is 1. The zero-order valence-electron chi connectivity index (χ0n) is 16.8. The molecule has 4 heterocycles. The van der Waals surface area contributed by atoms with Gasteiger partial charge in [-0.2, -0.15) is 23.4 Å². The fraction of sp³-hybridized carbons (Fsp3) is 0.526. The van der Waals surface area contributed by atoms with Crippen LogP contribution in [0.1, 0.15) is 18.9 Å². The van der Waals surface area contributed by atoms with E-state index >= 15 is 0 Å².